The van der Waals surface area contributed by atoms with Crippen molar-refractivity contribution in [1.82, 2.24) is 0 Å². The molecule has 0 aliphatic heterocycles. The highest BCUT2D eigenvalue weighted by molar-refractivity contribution is 5.66. The molecule has 0 fully saturated rings. The van der Waals surface area contributed by atoms with Gasteiger partial charge >= 0.3 is 5.97 Å². The third kappa shape index (κ3) is 14.6. The summed E-state index contributed by atoms with van der Waals surface area (Å²) in [4.78, 5) is 10.2. The summed E-state index contributed by atoms with van der Waals surface area (Å²) >= 11 is 0. The summed E-state index contributed by atoms with van der Waals surface area (Å²) in [6.45, 7) is 2.20. The van der Waals surface area contributed by atoms with Crippen molar-refractivity contribution in [3.05, 3.63) is 0 Å². The maximum atomic E-state index is 10.2. The number of carbonyl (C=O) groups is 1. The number of hydrogen-bond acceptors (Lipinski definition) is 1. The number of carboxylic acid groups (broad SMARTS) is 1. The molecule has 0 aromatic heterocycles. The van der Waals surface area contributed by atoms with Gasteiger partial charge in [0.1, 0.15) is 0 Å². The Labute approximate surface area is 105 Å². The van der Waals surface area contributed by atoms with Crippen LogP contribution in [0.1, 0.15) is 64.7 Å². The molecule has 0 aromatic rings. The van der Waals surface area contributed by atoms with E-state index in [9.17, 15) is 4.79 Å². The Hall–Kier alpha value is -1.41. The first kappa shape index (κ1) is 15.6. The SMILES string of the molecule is CCCCCCC#CC#CCCCCC(=O)O. The van der Waals surface area contributed by atoms with E-state index in [2.05, 4.69) is 30.6 Å². The number of carboxylic acids is 1. The lowest BCUT2D eigenvalue weighted by molar-refractivity contribution is -0.137. The van der Waals surface area contributed by atoms with E-state index in [0.29, 0.717) is 6.42 Å². The molecule has 0 radical (unpaired) electrons. The van der Waals surface area contributed by atoms with Gasteiger partial charge < -0.3 is 5.11 Å². The quantitative estimate of drug-likeness (QED) is 0.514. The van der Waals surface area contributed by atoms with Crippen LogP contribution in [-0.4, -0.2) is 11.1 Å². The molecule has 2 nitrogen and oxygen atoms in total. The van der Waals surface area contributed by atoms with Crippen molar-refractivity contribution < 1.29 is 9.90 Å². The highest BCUT2D eigenvalue weighted by Crippen LogP contribution is 2.00. The molecule has 0 aromatic carbocycles. The third-order valence-electron chi connectivity index (χ3n) is 2.34. The molecule has 1 N–H and O–H groups in total. The second kappa shape index (κ2) is 12.7. The van der Waals surface area contributed by atoms with Crippen molar-refractivity contribution in [2.45, 2.75) is 64.7 Å². The zero-order chi connectivity index (χ0) is 12.8. The van der Waals surface area contributed by atoms with Gasteiger partial charge in [0.25, 0.3) is 0 Å². The minimum Gasteiger partial charge on any atom is -0.481 e. The van der Waals surface area contributed by atoms with Gasteiger partial charge in [0.05, 0.1) is 0 Å². The molecule has 0 unspecified atom stereocenters. The predicted octanol–water partition coefficient (Wildman–Crippen LogP) is 3.61. The fraction of sp³-hybridized carbons (Fsp3) is 0.667. The van der Waals surface area contributed by atoms with Gasteiger partial charge in [-0.25, -0.2) is 0 Å². The van der Waals surface area contributed by atoms with Crippen molar-refractivity contribution in [1.29, 1.82) is 0 Å². The fourth-order valence-corrected chi connectivity index (χ4v) is 1.34. The van der Waals surface area contributed by atoms with Crippen LogP contribution >= 0.6 is 0 Å². The molecule has 0 aliphatic rings. The average Bonchev–Trinajstić information content (AvgIpc) is 2.30. The van der Waals surface area contributed by atoms with E-state index in [4.69, 9.17) is 5.11 Å². The molecule has 0 rings (SSSR count). The van der Waals surface area contributed by atoms with E-state index in [1.807, 2.05) is 0 Å². The van der Waals surface area contributed by atoms with Crippen LogP contribution in [0.25, 0.3) is 0 Å². The number of hydrogen-bond donors (Lipinski definition) is 1. The van der Waals surface area contributed by atoms with Crippen LogP contribution in [0.5, 0.6) is 0 Å². The highest BCUT2D eigenvalue weighted by Gasteiger charge is 1.93. The van der Waals surface area contributed by atoms with Gasteiger partial charge in [-0.2, -0.15) is 0 Å². The normalized spacial score (nSPS) is 8.76. The Morgan fingerprint density at radius 2 is 1.53 bits per heavy atom. The molecular formula is C15H22O2. The number of rotatable bonds is 8. The molecule has 0 heterocycles. The van der Waals surface area contributed by atoms with Crippen molar-refractivity contribution in [3.8, 4) is 23.7 Å². The van der Waals surface area contributed by atoms with Crippen molar-refractivity contribution in [2.24, 2.45) is 0 Å². The van der Waals surface area contributed by atoms with Gasteiger partial charge in [0.15, 0.2) is 0 Å². The molecule has 17 heavy (non-hydrogen) atoms. The largest absolute Gasteiger partial charge is 0.481 e. The molecule has 94 valence electrons. The first-order valence-electron chi connectivity index (χ1n) is 6.45. The van der Waals surface area contributed by atoms with Crippen LogP contribution < -0.4 is 0 Å². The Balaban J connectivity index is 3.35. The van der Waals surface area contributed by atoms with E-state index in [1.54, 1.807) is 0 Å². The smallest absolute Gasteiger partial charge is 0.303 e. The Kier molecular flexibility index (Phi) is 11.6. The molecule has 0 amide bonds. The zero-order valence-corrected chi connectivity index (χ0v) is 10.7. The van der Waals surface area contributed by atoms with Gasteiger partial charge in [0.2, 0.25) is 0 Å². The molecule has 0 atom stereocenters. The van der Waals surface area contributed by atoms with Crippen molar-refractivity contribution in [2.75, 3.05) is 0 Å². The zero-order valence-electron chi connectivity index (χ0n) is 10.7. The lowest BCUT2D eigenvalue weighted by Gasteiger charge is -1.91. The topological polar surface area (TPSA) is 37.3 Å². The van der Waals surface area contributed by atoms with Crippen LogP contribution in [0.4, 0.5) is 0 Å². The first-order valence-corrected chi connectivity index (χ1v) is 6.45. The maximum Gasteiger partial charge on any atom is 0.303 e. The van der Waals surface area contributed by atoms with Gasteiger partial charge in [0, 0.05) is 19.3 Å². The first-order chi connectivity index (χ1) is 8.27. The summed E-state index contributed by atoms with van der Waals surface area (Å²) in [5, 5.41) is 8.42. The summed E-state index contributed by atoms with van der Waals surface area (Å²) in [5.41, 5.74) is 0. The minimum absolute atomic E-state index is 0.241. The Morgan fingerprint density at radius 3 is 2.06 bits per heavy atom. The Bertz CT molecular complexity index is 309. The van der Waals surface area contributed by atoms with E-state index < -0.39 is 5.97 Å². The van der Waals surface area contributed by atoms with Crippen LogP contribution in [0.15, 0.2) is 0 Å². The van der Waals surface area contributed by atoms with E-state index in [1.165, 1.54) is 25.7 Å². The number of unbranched alkanes of at least 4 members (excludes halogenated alkanes) is 6. The van der Waals surface area contributed by atoms with Crippen LogP contribution in [0, 0.1) is 23.7 Å². The van der Waals surface area contributed by atoms with Crippen molar-refractivity contribution >= 4 is 5.97 Å². The molecule has 0 saturated heterocycles. The van der Waals surface area contributed by atoms with E-state index >= 15 is 0 Å². The van der Waals surface area contributed by atoms with E-state index in [-0.39, 0.29) is 6.42 Å². The standard InChI is InChI=1S/C15H22O2/c1-2-3-4-5-6-7-8-9-10-11-12-13-14-15(16)17/h2-6,11-14H2,1H3,(H,16,17). The van der Waals surface area contributed by atoms with Crippen LogP contribution in [0.2, 0.25) is 0 Å². The highest BCUT2D eigenvalue weighted by atomic mass is 16.4. The maximum absolute atomic E-state index is 10.2. The Morgan fingerprint density at radius 1 is 0.941 bits per heavy atom. The molecule has 0 aliphatic carbocycles. The molecule has 0 bridgehead atoms. The second-order valence-electron chi connectivity index (χ2n) is 4.02. The number of aliphatic carboxylic acids is 1. The van der Waals surface area contributed by atoms with Gasteiger partial charge in [-0.05, 0) is 31.1 Å². The predicted molar refractivity (Wildman–Crippen MR) is 70.4 cm³/mol. The summed E-state index contributed by atoms with van der Waals surface area (Å²) in [6.07, 6.45) is 8.44. The minimum atomic E-state index is -0.732. The van der Waals surface area contributed by atoms with Crippen LogP contribution in [0.3, 0.4) is 0 Å². The monoisotopic (exact) mass is 234 g/mol. The third-order valence-corrected chi connectivity index (χ3v) is 2.34. The molecular weight excluding hydrogens is 212 g/mol. The molecule has 0 spiro atoms. The molecule has 2 heteroatoms. The summed E-state index contributed by atoms with van der Waals surface area (Å²) in [7, 11) is 0. The lowest BCUT2D eigenvalue weighted by atomic mass is 10.1. The van der Waals surface area contributed by atoms with E-state index in [0.717, 1.165) is 19.3 Å². The lowest BCUT2D eigenvalue weighted by Crippen LogP contribution is -1.92. The fourth-order valence-electron chi connectivity index (χ4n) is 1.34. The van der Waals surface area contributed by atoms with Gasteiger partial charge in [-0.1, -0.05) is 38.0 Å². The molecule has 0 saturated carbocycles. The average molecular weight is 234 g/mol. The summed E-state index contributed by atoms with van der Waals surface area (Å²) < 4.78 is 0. The van der Waals surface area contributed by atoms with Crippen molar-refractivity contribution in [3.63, 3.8) is 0 Å². The second-order valence-corrected chi connectivity index (χ2v) is 4.02. The van der Waals surface area contributed by atoms with Gasteiger partial charge in [-0.15, -0.1) is 0 Å². The van der Waals surface area contributed by atoms with Crippen LogP contribution in [-0.2, 0) is 4.79 Å². The summed E-state index contributed by atoms with van der Waals surface area (Å²) in [5.74, 6) is 10.9. The summed E-state index contributed by atoms with van der Waals surface area (Å²) in [6, 6.07) is 0. The van der Waals surface area contributed by atoms with Gasteiger partial charge in [-0.3, -0.25) is 4.79 Å².